The van der Waals surface area contributed by atoms with Gasteiger partial charge in [-0.05, 0) is 38.0 Å². The molecule has 2 aliphatic rings. The third kappa shape index (κ3) is 3.80. The zero-order chi connectivity index (χ0) is 21.1. The van der Waals surface area contributed by atoms with Gasteiger partial charge in [0.05, 0.1) is 5.69 Å². The number of ether oxygens (including phenoxy) is 1. The van der Waals surface area contributed by atoms with Crippen molar-refractivity contribution in [1.29, 1.82) is 0 Å². The van der Waals surface area contributed by atoms with Gasteiger partial charge in [0.2, 0.25) is 5.95 Å². The molecule has 0 aromatic carbocycles. The summed E-state index contributed by atoms with van der Waals surface area (Å²) in [5.41, 5.74) is 3.62. The molecule has 156 valence electrons. The van der Waals surface area contributed by atoms with E-state index in [1.807, 2.05) is 6.92 Å². The number of fused-ring (bicyclic) bond motifs is 1. The molecule has 0 saturated heterocycles. The van der Waals surface area contributed by atoms with Crippen molar-refractivity contribution in [3.05, 3.63) is 51.8 Å². The number of nitrogens with zero attached hydrogens (tertiary/aromatic N) is 5. The molecule has 2 aromatic rings. The van der Waals surface area contributed by atoms with Gasteiger partial charge in [0, 0.05) is 18.5 Å². The van der Waals surface area contributed by atoms with Crippen LogP contribution in [0.5, 0.6) is 0 Å². The van der Waals surface area contributed by atoms with E-state index in [1.54, 1.807) is 23.8 Å². The average molecular weight is 409 g/mol. The number of amides is 1. The highest BCUT2D eigenvalue weighted by Gasteiger charge is 2.25. The molecule has 2 aromatic heterocycles. The summed E-state index contributed by atoms with van der Waals surface area (Å²) in [6.07, 6.45) is 8.77. The zero-order valence-electron chi connectivity index (χ0n) is 16.9. The maximum atomic E-state index is 13.3. The van der Waals surface area contributed by atoms with E-state index < -0.39 is 5.91 Å². The molecular formula is C20H23N7O3. The number of aromatic nitrogens is 3. The van der Waals surface area contributed by atoms with E-state index in [0.717, 1.165) is 25.7 Å². The van der Waals surface area contributed by atoms with Gasteiger partial charge in [-0.1, -0.05) is 18.1 Å². The summed E-state index contributed by atoms with van der Waals surface area (Å²) in [7, 11) is 1.73. The number of rotatable bonds is 5. The second-order valence-electron chi connectivity index (χ2n) is 7.21. The summed E-state index contributed by atoms with van der Waals surface area (Å²) >= 11 is 0. The van der Waals surface area contributed by atoms with Crippen LogP contribution in [0.3, 0.4) is 0 Å². The Morgan fingerprint density at radius 3 is 2.80 bits per heavy atom. The fraction of sp³-hybridized carbons (Fsp3) is 0.400. The Morgan fingerprint density at radius 1 is 1.30 bits per heavy atom. The van der Waals surface area contributed by atoms with Crippen LogP contribution in [0.1, 0.15) is 47.8 Å². The summed E-state index contributed by atoms with van der Waals surface area (Å²) in [6, 6.07) is 1.54. The van der Waals surface area contributed by atoms with Crippen molar-refractivity contribution in [2.75, 3.05) is 19.0 Å². The van der Waals surface area contributed by atoms with Crippen molar-refractivity contribution in [2.45, 2.75) is 38.6 Å². The zero-order valence-corrected chi connectivity index (χ0v) is 16.9. The molecule has 4 rings (SSSR count). The smallest absolute Gasteiger partial charge is 0.278 e. The lowest BCUT2D eigenvalue weighted by Gasteiger charge is -2.18. The first-order valence-electron chi connectivity index (χ1n) is 9.89. The molecule has 2 N–H and O–H groups in total. The Morgan fingerprint density at radius 2 is 2.10 bits per heavy atom. The van der Waals surface area contributed by atoms with Crippen LogP contribution in [0.4, 0.5) is 5.95 Å². The van der Waals surface area contributed by atoms with E-state index in [2.05, 4.69) is 31.0 Å². The van der Waals surface area contributed by atoms with Crippen LogP contribution in [0, 0.1) is 6.92 Å². The van der Waals surface area contributed by atoms with Gasteiger partial charge in [0.1, 0.15) is 29.8 Å². The SMILES string of the molecule is CNc1nc(C)c2cc(C(=O)NN=NC3=COCC=C3)c(=O)n(C3CCCC3)c2n1. The molecule has 0 atom stereocenters. The van der Waals surface area contributed by atoms with E-state index >= 15 is 0 Å². The first-order valence-corrected chi connectivity index (χ1v) is 9.89. The minimum absolute atomic E-state index is 0.00284. The van der Waals surface area contributed by atoms with Gasteiger partial charge in [0.15, 0.2) is 0 Å². The van der Waals surface area contributed by atoms with Gasteiger partial charge >= 0.3 is 0 Å². The molecule has 10 nitrogen and oxygen atoms in total. The topological polar surface area (TPSA) is 123 Å². The highest BCUT2D eigenvalue weighted by atomic mass is 16.5. The van der Waals surface area contributed by atoms with Crippen molar-refractivity contribution >= 4 is 22.9 Å². The van der Waals surface area contributed by atoms with Crippen molar-refractivity contribution in [3.8, 4) is 0 Å². The summed E-state index contributed by atoms with van der Waals surface area (Å²) in [5, 5.41) is 11.2. The van der Waals surface area contributed by atoms with Crippen LogP contribution < -0.4 is 16.3 Å². The molecule has 0 bridgehead atoms. The van der Waals surface area contributed by atoms with E-state index in [4.69, 9.17) is 4.74 Å². The van der Waals surface area contributed by atoms with Crippen LogP contribution in [0.2, 0.25) is 0 Å². The Balaban J connectivity index is 1.75. The van der Waals surface area contributed by atoms with Crippen LogP contribution in [0.25, 0.3) is 11.0 Å². The maximum Gasteiger partial charge on any atom is 0.278 e. The quantitative estimate of drug-likeness (QED) is 0.578. The number of hydrogen-bond acceptors (Lipinski definition) is 8. The summed E-state index contributed by atoms with van der Waals surface area (Å²) < 4.78 is 6.75. The summed E-state index contributed by atoms with van der Waals surface area (Å²) in [5.74, 6) is -0.191. The van der Waals surface area contributed by atoms with Gasteiger partial charge < -0.3 is 10.1 Å². The van der Waals surface area contributed by atoms with Gasteiger partial charge in [-0.15, -0.1) is 5.11 Å². The highest BCUT2D eigenvalue weighted by Crippen LogP contribution is 2.31. The molecule has 0 unspecified atom stereocenters. The third-order valence-corrected chi connectivity index (χ3v) is 5.24. The Hall–Kier alpha value is -3.56. The summed E-state index contributed by atoms with van der Waals surface area (Å²) in [6.45, 7) is 2.30. The van der Waals surface area contributed by atoms with Gasteiger partial charge in [-0.25, -0.2) is 10.4 Å². The first-order chi connectivity index (χ1) is 14.6. The maximum absolute atomic E-state index is 13.3. The molecular weight excluding hydrogens is 386 g/mol. The van der Waals surface area contributed by atoms with Gasteiger partial charge in [-0.3, -0.25) is 14.2 Å². The van der Waals surface area contributed by atoms with Crippen LogP contribution >= 0.6 is 0 Å². The molecule has 10 heteroatoms. The van der Waals surface area contributed by atoms with Crippen molar-refractivity contribution in [2.24, 2.45) is 10.3 Å². The van der Waals surface area contributed by atoms with Crippen LogP contribution in [-0.2, 0) is 4.74 Å². The van der Waals surface area contributed by atoms with E-state index in [1.165, 1.54) is 12.3 Å². The lowest BCUT2D eigenvalue weighted by Crippen LogP contribution is -2.33. The molecule has 0 spiro atoms. The Kier molecular flexibility index (Phi) is 5.55. The number of hydrogen-bond donors (Lipinski definition) is 2. The van der Waals surface area contributed by atoms with Crippen molar-refractivity contribution in [3.63, 3.8) is 0 Å². The number of aryl methyl sites for hydroxylation is 1. The number of carbonyl (C=O) groups is 1. The summed E-state index contributed by atoms with van der Waals surface area (Å²) in [4.78, 5) is 35.0. The minimum Gasteiger partial charge on any atom is -0.495 e. The predicted molar refractivity (Wildman–Crippen MR) is 111 cm³/mol. The largest absolute Gasteiger partial charge is 0.495 e. The fourth-order valence-corrected chi connectivity index (χ4v) is 3.77. The molecule has 0 radical (unpaired) electrons. The monoisotopic (exact) mass is 409 g/mol. The number of anilines is 1. The molecule has 1 amide bonds. The Bertz CT molecular complexity index is 1130. The van der Waals surface area contributed by atoms with E-state index in [9.17, 15) is 9.59 Å². The number of nitrogens with one attached hydrogen (secondary N) is 2. The van der Waals surface area contributed by atoms with Gasteiger partial charge in [0.25, 0.3) is 11.5 Å². The van der Waals surface area contributed by atoms with E-state index in [-0.39, 0.29) is 17.2 Å². The highest BCUT2D eigenvalue weighted by molar-refractivity contribution is 5.97. The Labute approximate surface area is 172 Å². The van der Waals surface area contributed by atoms with Crippen LogP contribution in [-0.4, -0.2) is 34.1 Å². The van der Waals surface area contributed by atoms with E-state index in [0.29, 0.717) is 35.0 Å². The van der Waals surface area contributed by atoms with Crippen LogP contribution in [0.15, 0.2) is 45.3 Å². The predicted octanol–water partition coefficient (Wildman–Crippen LogP) is 2.78. The number of pyridine rings is 1. The van der Waals surface area contributed by atoms with Gasteiger partial charge in [-0.2, -0.15) is 4.98 Å². The molecule has 30 heavy (non-hydrogen) atoms. The normalized spacial score (nSPS) is 16.7. The second kappa shape index (κ2) is 8.44. The lowest BCUT2D eigenvalue weighted by atomic mass is 10.1. The van der Waals surface area contributed by atoms with Crippen molar-refractivity contribution < 1.29 is 9.53 Å². The molecule has 1 fully saturated rings. The standard InChI is InChI=1S/C20H23N7O3/c1-12-15-10-16(18(28)25-26-24-13-6-5-9-30-11-13)19(29)27(14-7-3-4-8-14)17(15)23-20(21-2)22-12/h5-6,10-11,14H,3-4,7-9H2,1-2H3,(H,21,22,23)(H,24,25,28). The fourth-order valence-electron chi connectivity index (χ4n) is 3.77. The third-order valence-electron chi connectivity index (χ3n) is 5.24. The second-order valence-corrected chi connectivity index (χ2v) is 7.21. The first kappa shape index (κ1) is 19.7. The molecule has 1 saturated carbocycles. The number of carbonyl (C=O) groups excluding carboxylic acids is 1. The molecule has 1 aliphatic heterocycles. The van der Waals surface area contributed by atoms with Crippen molar-refractivity contribution in [1.82, 2.24) is 20.0 Å². The molecule has 1 aliphatic carbocycles. The number of allylic oxidation sites excluding steroid dienone is 1. The average Bonchev–Trinajstić information content (AvgIpc) is 3.28. The molecule has 3 heterocycles. The lowest BCUT2D eigenvalue weighted by molar-refractivity contribution is 0.0949. The minimum atomic E-state index is -0.629.